The SMILES string of the molecule is CCOC(C)Oc1cc(I)c(COc2ccc([I+]c3ccc(C(C)(C)C)cc3)c(C)c2)cc1I. The molecule has 0 fully saturated rings. The monoisotopic (exact) mass is 797 g/mol. The van der Waals surface area contributed by atoms with Crippen LogP contribution in [0, 0.1) is 21.2 Å². The van der Waals surface area contributed by atoms with Crippen LogP contribution in [0.25, 0.3) is 0 Å². The molecule has 6 heteroatoms. The molecule has 0 aliphatic rings. The van der Waals surface area contributed by atoms with E-state index in [2.05, 4.69) is 127 Å². The molecular formula is C28H32I3O3+. The summed E-state index contributed by atoms with van der Waals surface area (Å²) in [6, 6.07) is 19.8. The first kappa shape index (κ1) is 28.0. The molecule has 0 saturated heterocycles. The highest BCUT2D eigenvalue weighted by molar-refractivity contribution is 14.1. The minimum Gasteiger partial charge on any atom is -0.489 e. The summed E-state index contributed by atoms with van der Waals surface area (Å²) in [7, 11) is 0. The van der Waals surface area contributed by atoms with Crippen LogP contribution in [-0.4, -0.2) is 12.9 Å². The number of halogens is 3. The molecule has 3 rings (SSSR count). The molecule has 0 heterocycles. The lowest BCUT2D eigenvalue weighted by atomic mass is 9.87. The first-order valence-electron chi connectivity index (χ1n) is 11.3. The molecule has 0 amide bonds. The third-order valence-corrected chi connectivity index (χ3v) is 10.2. The molecule has 0 aliphatic carbocycles. The Morgan fingerprint density at radius 3 is 2.26 bits per heavy atom. The van der Waals surface area contributed by atoms with Gasteiger partial charge in [0.05, 0.1) is 3.57 Å². The first-order valence-corrected chi connectivity index (χ1v) is 15.6. The zero-order valence-corrected chi connectivity index (χ0v) is 27.0. The lowest BCUT2D eigenvalue weighted by Crippen LogP contribution is -3.61. The van der Waals surface area contributed by atoms with E-state index in [1.165, 1.54) is 18.3 Å². The summed E-state index contributed by atoms with van der Waals surface area (Å²) in [5.74, 6) is 1.75. The Kier molecular flexibility index (Phi) is 10.4. The highest BCUT2D eigenvalue weighted by atomic mass is 127. The van der Waals surface area contributed by atoms with Crippen LogP contribution in [0.1, 0.15) is 51.3 Å². The van der Waals surface area contributed by atoms with Crippen molar-refractivity contribution in [2.45, 2.75) is 59.9 Å². The maximum atomic E-state index is 6.17. The number of hydrogen-bond donors (Lipinski definition) is 0. The second kappa shape index (κ2) is 12.6. The van der Waals surface area contributed by atoms with Crippen LogP contribution in [-0.2, 0) is 16.8 Å². The van der Waals surface area contributed by atoms with E-state index in [-0.39, 0.29) is 32.9 Å². The number of hydrogen-bond acceptors (Lipinski definition) is 3. The molecule has 1 atom stereocenters. The van der Waals surface area contributed by atoms with E-state index < -0.39 is 0 Å². The molecule has 34 heavy (non-hydrogen) atoms. The van der Waals surface area contributed by atoms with Crippen molar-refractivity contribution in [2.24, 2.45) is 0 Å². The lowest BCUT2D eigenvalue weighted by Gasteiger charge is -2.18. The first-order chi connectivity index (χ1) is 16.1. The summed E-state index contributed by atoms with van der Waals surface area (Å²) in [5.41, 5.74) is 4.02. The van der Waals surface area contributed by atoms with Gasteiger partial charge in [-0.2, -0.15) is 0 Å². The highest BCUT2D eigenvalue weighted by Gasteiger charge is 2.21. The van der Waals surface area contributed by atoms with Crippen molar-refractivity contribution in [1.29, 1.82) is 0 Å². The van der Waals surface area contributed by atoms with E-state index in [9.17, 15) is 0 Å². The summed E-state index contributed by atoms with van der Waals surface area (Å²) in [5, 5.41) is 0. The van der Waals surface area contributed by atoms with Crippen molar-refractivity contribution >= 4 is 45.2 Å². The second-order valence-electron chi connectivity index (χ2n) is 9.07. The van der Waals surface area contributed by atoms with Crippen LogP contribution in [0.5, 0.6) is 11.5 Å². The Hall–Kier alpha value is -0.590. The molecule has 182 valence electrons. The molecular weight excluding hydrogens is 765 g/mol. The van der Waals surface area contributed by atoms with Crippen LogP contribution in [0.3, 0.4) is 0 Å². The number of rotatable bonds is 9. The van der Waals surface area contributed by atoms with Gasteiger partial charge in [-0.3, -0.25) is 0 Å². The maximum absolute atomic E-state index is 6.17. The van der Waals surface area contributed by atoms with Crippen molar-refractivity contribution < 1.29 is 35.4 Å². The Balaban J connectivity index is 1.64. The highest BCUT2D eigenvalue weighted by Crippen LogP contribution is 2.28. The van der Waals surface area contributed by atoms with Gasteiger partial charge in [-0.05, 0) is 119 Å². The van der Waals surface area contributed by atoms with Gasteiger partial charge in [-0.15, -0.1) is 0 Å². The summed E-state index contributed by atoms with van der Waals surface area (Å²) in [6.07, 6.45) is -0.267. The summed E-state index contributed by atoms with van der Waals surface area (Å²) < 4.78 is 22.6. The topological polar surface area (TPSA) is 27.7 Å². The van der Waals surface area contributed by atoms with Crippen molar-refractivity contribution in [1.82, 2.24) is 0 Å². The van der Waals surface area contributed by atoms with Gasteiger partial charge >= 0.3 is 21.2 Å². The Bertz CT molecular complexity index is 1110. The zero-order chi connectivity index (χ0) is 24.9. The lowest BCUT2D eigenvalue weighted by molar-refractivity contribution is -0.598. The quantitative estimate of drug-likeness (QED) is 0.227. The third kappa shape index (κ3) is 7.96. The van der Waals surface area contributed by atoms with E-state index in [1.54, 1.807) is 0 Å². The zero-order valence-electron chi connectivity index (χ0n) is 20.5. The van der Waals surface area contributed by atoms with Gasteiger partial charge in [-0.1, -0.05) is 32.9 Å². The predicted octanol–water partition coefficient (Wildman–Crippen LogP) is 4.97. The van der Waals surface area contributed by atoms with Gasteiger partial charge < -0.3 is 14.2 Å². The van der Waals surface area contributed by atoms with Gasteiger partial charge in [0.25, 0.3) is 0 Å². The molecule has 0 aliphatic heterocycles. The molecule has 0 N–H and O–H groups in total. The van der Waals surface area contributed by atoms with Crippen molar-refractivity contribution in [2.75, 3.05) is 6.61 Å². The van der Waals surface area contributed by atoms with Crippen LogP contribution in [0.4, 0.5) is 0 Å². The largest absolute Gasteiger partial charge is 0.489 e. The number of benzene rings is 3. The molecule has 0 radical (unpaired) electrons. The van der Waals surface area contributed by atoms with Gasteiger partial charge in [0.1, 0.15) is 18.1 Å². The van der Waals surface area contributed by atoms with Gasteiger partial charge in [-0.25, -0.2) is 0 Å². The van der Waals surface area contributed by atoms with E-state index in [0.717, 1.165) is 24.2 Å². The summed E-state index contributed by atoms with van der Waals surface area (Å²) in [4.78, 5) is 0. The third-order valence-electron chi connectivity index (χ3n) is 5.24. The van der Waals surface area contributed by atoms with E-state index >= 15 is 0 Å². The molecule has 1 unspecified atom stereocenters. The smallest absolute Gasteiger partial charge is 0.358 e. The molecule has 3 aromatic rings. The molecule has 0 aromatic heterocycles. The van der Waals surface area contributed by atoms with Gasteiger partial charge in [0, 0.05) is 21.3 Å². The molecule has 3 nitrogen and oxygen atoms in total. The Morgan fingerprint density at radius 1 is 0.941 bits per heavy atom. The minimum atomic E-state index is -0.267. The summed E-state index contributed by atoms with van der Waals surface area (Å²) in [6.45, 7) is 14.0. The van der Waals surface area contributed by atoms with Crippen molar-refractivity contribution in [3.05, 3.63) is 85.6 Å². The Morgan fingerprint density at radius 2 is 1.65 bits per heavy atom. The van der Waals surface area contributed by atoms with Crippen molar-refractivity contribution in [3.63, 3.8) is 0 Å². The fourth-order valence-electron chi connectivity index (χ4n) is 3.32. The fraction of sp³-hybridized carbons (Fsp3) is 0.357. The maximum Gasteiger partial charge on any atom is 0.358 e. The number of aryl methyl sites for hydroxylation is 1. The molecule has 3 aromatic carbocycles. The standard InChI is InChI=1S/C28H32I3O3/c1-7-32-19(3)34-27-16-24(29)20(15-25(27)30)17-33-23-12-13-26(18(2)14-23)31-22-10-8-21(9-11-22)28(4,5)6/h8-16,19H,7,17H2,1-6H3/q+1. The normalized spacial score (nSPS) is 12.5. The van der Waals surface area contributed by atoms with Crippen LogP contribution in [0.2, 0.25) is 0 Å². The van der Waals surface area contributed by atoms with Crippen LogP contribution in [0.15, 0.2) is 54.6 Å². The van der Waals surface area contributed by atoms with Crippen LogP contribution >= 0.6 is 45.2 Å². The van der Waals surface area contributed by atoms with Crippen molar-refractivity contribution in [3.8, 4) is 11.5 Å². The predicted molar refractivity (Wildman–Crippen MR) is 152 cm³/mol. The fourth-order valence-corrected chi connectivity index (χ4v) is 6.91. The molecule has 0 bridgehead atoms. The van der Waals surface area contributed by atoms with E-state index in [0.29, 0.717) is 13.2 Å². The van der Waals surface area contributed by atoms with Gasteiger partial charge in [0.15, 0.2) is 13.4 Å². The number of ether oxygens (including phenoxy) is 3. The second-order valence-corrected chi connectivity index (χ2v) is 14.3. The average molecular weight is 797 g/mol. The van der Waals surface area contributed by atoms with Crippen LogP contribution < -0.4 is 30.7 Å². The minimum absolute atomic E-state index is 0.191. The summed E-state index contributed by atoms with van der Waals surface area (Å²) >= 11 is 4.44. The molecule has 0 saturated carbocycles. The average Bonchev–Trinajstić information content (AvgIpc) is 2.76. The Labute approximate surface area is 241 Å². The molecule has 0 spiro atoms. The van der Waals surface area contributed by atoms with E-state index in [1.807, 2.05) is 13.8 Å². The van der Waals surface area contributed by atoms with Gasteiger partial charge in [0.2, 0.25) is 0 Å². The van der Waals surface area contributed by atoms with E-state index in [4.69, 9.17) is 14.2 Å².